The van der Waals surface area contributed by atoms with Crippen molar-refractivity contribution < 1.29 is 24.3 Å². The topological polar surface area (TPSA) is 177 Å². The SMILES string of the molecule is CCC(C)C(NC(=O)C(N)C(C)C)C(=O)NC(CCCCN)C(=O)NC(C)C(=O)O. The largest absolute Gasteiger partial charge is 0.480 e. The molecule has 5 unspecified atom stereocenters. The first-order valence-corrected chi connectivity index (χ1v) is 10.6. The van der Waals surface area contributed by atoms with Crippen LogP contribution in [0.15, 0.2) is 0 Å². The monoisotopic (exact) mass is 429 g/mol. The summed E-state index contributed by atoms with van der Waals surface area (Å²) in [7, 11) is 0. The minimum atomic E-state index is -1.18. The van der Waals surface area contributed by atoms with Crippen molar-refractivity contribution in [1.29, 1.82) is 0 Å². The smallest absolute Gasteiger partial charge is 0.325 e. The average Bonchev–Trinajstić information content (AvgIpc) is 2.69. The van der Waals surface area contributed by atoms with E-state index >= 15 is 0 Å². The molecule has 0 spiro atoms. The Labute approximate surface area is 178 Å². The highest BCUT2D eigenvalue weighted by Crippen LogP contribution is 2.11. The van der Waals surface area contributed by atoms with E-state index in [-0.39, 0.29) is 11.8 Å². The van der Waals surface area contributed by atoms with Crippen molar-refractivity contribution in [2.45, 2.75) is 84.5 Å². The van der Waals surface area contributed by atoms with E-state index in [1.54, 1.807) is 0 Å². The summed E-state index contributed by atoms with van der Waals surface area (Å²) < 4.78 is 0. The molecule has 10 nitrogen and oxygen atoms in total. The Morgan fingerprint density at radius 1 is 0.900 bits per heavy atom. The van der Waals surface area contributed by atoms with E-state index in [2.05, 4.69) is 16.0 Å². The van der Waals surface area contributed by atoms with Crippen molar-refractivity contribution in [3.05, 3.63) is 0 Å². The van der Waals surface area contributed by atoms with Gasteiger partial charge in [0.05, 0.1) is 6.04 Å². The fraction of sp³-hybridized carbons (Fsp3) is 0.800. The van der Waals surface area contributed by atoms with Gasteiger partial charge in [-0.05, 0) is 44.6 Å². The van der Waals surface area contributed by atoms with Gasteiger partial charge in [0, 0.05) is 0 Å². The first kappa shape index (κ1) is 27.8. The van der Waals surface area contributed by atoms with E-state index in [0.717, 1.165) is 0 Å². The van der Waals surface area contributed by atoms with Gasteiger partial charge in [-0.25, -0.2) is 0 Å². The maximum atomic E-state index is 13.0. The Kier molecular flexibility index (Phi) is 12.9. The second-order valence-electron chi connectivity index (χ2n) is 8.06. The summed E-state index contributed by atoms with van der Waals surface area (Å²) in [4.78, 5) is 48.9. The van der Waals surface area contributed by atoms with Gasteiger partial charge in [0.15, 0.2) is 0 Å². The van der Waals surface area contributed by atoms with Crippen molar-refractivity contribution in [1.82, 2.24) is 16.0 Å². The molecule has 0 heterocycles. The lowest BCUT2D eigenvalue weighted by atomic mass is 9.96. The molecule has 10 heteroatoms. The van der Waals surface area contributed by atoms with E-state index in [9.17, 15) is 19.2 Å². The number of rotatable bonds is 14. The second kappa shape index (κ2) is 13.9. The van der Waals surface area contributed by atoms with Crippen LogP contribution in [0.5, 0.6) is 0 Å². The number of amides is 3. The fourth-order valence-corrected chi connectivity index (χ4v) is 2.65. The zero-order valence-corrected chi connectivity index (χ0v) is 18.7. The second-order valence-corrected chi connectivity index (χ2v) is 8.06. The molecule has 30 heavy (non-hydrogen) atoms. The molecule has 0 aliphatic carbocycles. The molecular formula is C20H39N5O5. The molecule has 3 amide bonds. The molecule has 174 valence electrons. The summed E-state index contributed by atoms with van der Waals surface area (Å²) in [6, 6.07) is -3.66. The van der Waals surface area contributed by atoms with Crippen LogP contribution in [0.4, 0.5) is 0 Å². The molecule has 0 saturated heterocycles. The van der Waals surface area contributed by atoms with Gasteiger partial charge in [-0.3, -0.25) is 19.2 Å². The number of carbonyl (C=O) groups is 4. The molecule has 0 aromatic carbocycles. The van der Waals surface area contributed by atoms with Crippen LogP contribution in [0.1, 0.15) is 60.3 Å². The van der Waals surface area contributed by atoms with E-state index in [1.807, 2.05) is 27.7 Å². The summed E-state index contributed by atoms with van der Waals surface area (Å²) in [5.74, 6) is -3.01. The number of carboxylic acid groups (broad SMARTS) is 1. The van der Waals surface area contributed by atoms with E-state index < -0.39 is 47.9 Å². The molecule has 0 bridgehead atoms. The van der Waals surface area contributed by atoms with Gasteiger partial charge >= 0.3 is 5.97 Å². The third-order valence-corrected chi connectivity index (χ3v) is 5.12. The summed E-state index contributed by atoms with van der Waals surface area (Å²) in [6.45, 7) is 9.11. The molecule has 0 saturated carbocycles. The lowest BCUT2D eigenvalue weighted by Gasteiger charge is -2.28. The Bertz CT molecular complexity index is 584. The standard InChI is InChI=1S/C20H39N5O5/c1-6-12(4)16(25-18(27)15(22)11(2)3)19(28)24-14(9-7-8-10-21)17(26)23-13(5)20(29)30/h11-16H,6-10,21-22H2,1-5H3,(H,23,26)(H,24,28)(H,25,27)(H,29,30). The van der Waals surface area contributed by atoms with Crippen LogP contribution in [0.25, 0.3) is 0 Å². The van der Waals surface area contributed by atoms with Gasteiger partial charge in [-0.15, -0.1) is 0 Å². The summed E-state index contributed by atoms with van der Waals surface area (Å²) in [5.41, 5.74) is 11.4. The van der Waals surface area contributed by atoms with Crippen LogP contribution in [0, 0.1) is 11.8 Å². The Hall–Kier alpha value is -2.20. The highest BCUT2D eigenvalue weighted by atomic mass is 16.4. The number of aliphatic carboxylic acids is 1. The minimum absolute atomic E-state index is 0.0991. The van der Waals surface area contributed by atoms with Gasteiger partial charge in [0.1, 0.15) is 18.1 Å². The van der Waals surface area contributed by atoms with Gasteiger partial charge in [-0.1, -0.05) is 34.1 Å². The van der Waals surface area contributed by atoms with Crippen LogP contribution in [0.3, 0.4) is 0 Å². The maximum absolute atomic E-state index is 13.0. The number of hydrogen-bond donors (Lipinski definition) is 6. The van der Waals surface area contributed by atoms with Crippen LogP contribution >= 0.6 is 0 Å². The van der Waals surface area contributed by atoms with Gasteiger partial charge in [0.2, 0.25) is 17.7 Å². The third-order valence-electron chi connectivity index (χ3n) is 5.12. The highest BCUT2D eigenvalue weighted by molar-refractivity contribution is 5.94. The number of unbranched alkanes of at least 4 members (excludes halogenated alkanes) is 1. The average molecular weight is 430 g/mol. The number of nitrogens with one attached hydrogen (secondary N) is 3. The van der Waals surface area contributed by atoms with E-state index in [0.29, 0.717) is 32.2 Å². The Morgan fingerprint density at radius 3 is 1.97 bits per heavy atom. The molecule has 0 aromatic rings. The number of nitrogens with two attached hydrogens (primary N) is 2. The first-order chi connectivity index (χ1) is 14.0. The quantitative estimate of drug-likeness (QED) is 0.205. The van der Waals surface area contributed by atoms with Crippen LogP contribution in [-0.2, 0) is 19.2 Å². The van der Waals surface area contributed by atoms with Crippen molar-refractivity contribution in [3.8, 4) is 0 Å². The number of carboxylic acids is 1. The first-order valence-electron chi connectivity index (χ1n) is 10.6. The highest BCUT2D eigenvalue weighted by Gasteiger charge is 2.32. The number of hydrogen-bond acceptors (Lipinski definition) is 6. The molecule has 5 atom stereocenters. The number of carbonyl (C=O) groups excluding carboxylic acids is 3. The van der Waals surface area contributed by atoms with Crippen molar-refractivity contribution in [2.24, 2.45) is 23.3 Å². The van der Waals surface area contributed by atoms with Gasteiger partial charge in [-0.2, -0.15) is 0 Å². The zero-order chi connectivity index (χ0) is 23.4. The summed E-state index contributed by atoms with van der Waals surface area (Å²) in [5, 5.41) is 16.8. The summed E-state index contributed by atoms with van der Waals surface area (Å²) in [6.07, 6.45) is 2.15. The fourth-order valence-electron chi connectivity index (χ4n) is 2.65. The zero-order valence-electron chi connectivity index (χ0n) is 18.7. The van der Waals surface area contributed by atoms with Crippen LogP contribution < -0.4 is 27.4 Å². The third kappa shape index (κ3) is 9.53. The van der Waals surface area contributed by atoms with Gasteiger partial charge < -0.3 is 32.5 Å². The predicted octanol–water partition coefficient (Wildman–Crippen LogP) is -0.296. The van der Waals surface area contributed by atoms with Crippen LogP contribution in [-0.4, -0.2) is 59.5 Å². The molecule has 0 aromatic heterocycles. The van der Waals surface area contributed by atoms with Gasteiger partial charge in [0.25, 0.3) is 0 Å². The molecule has 0 fully saturated rings. The van der Waals surface area contributed by atoms with E-state index in [1.165, 1.54) is 6.92 Å². The van der Waals surface area contributed by atoms with Crippen molar-refractivity contribution in [2.75, 3.05) is 6.54 Å². The lowest BCUT2D eigenvalue weighted by molar-refractivity contribution is -0.142. The normalized spacial score (nSPS) is 16.1. The summed E-state index contributed by atoms with van der Waals surface area (Å²) >= 11 is 0. The van der Waals surface area contributed by atoms with Crippen LogP contribution in [0.2, 0.25) is 0 Å². The molecular weight excluding hydrogens is 390 g/mol. The van der Waals surface area contributed by atoms with Crippen molar-refractivity contribution >= 4 is 23.7 Å². The molecule has 8 N–H and O–H groups in total. The molecule has 0 rings (SSSR count). The Balaban J connectivity index is 5.40. The predicted molar refractivity (Wildman–Crippen MR) is 114 cm³/mol. The Morgan fingerprint density at radius 2 is 1.50 bits per heavy atom. The lowest BCUT2D eigenvalue weighted by Crippen LogP contribution is -2.58. The minimum Gasteiger partial charge on any atom is -0.480 e. The molecule has 0 aliphatic rings. The van der Waals surface area contributed by atoms with E-state index in [4.69, 9.17) is 16.6 Å². The van der Waals surface area contributed by atoms with Crippen molar-refractivity contribution in [3.63, 3.8) is 0 Å². The molecule has 0 aliphatic heterocycles. The molecule has 0 radical (unpaired) electrons. The maximum Gasteiger partial charge on any atom is 0.325 e.